The van der Waals surface area contributed by atoms with Crippen molar-refractivity contribution in [2.75, 3.05) is 5.32 Å². The number of fused-ring (bicyclic) bond motifs is 1. The van der Waals surface area contributed by atoms with Gasteiger partial charge in [0.2, 0.25) is 0 Å². The molecule has 0 saturated carbocycles. The first-order valence-electron chi connectivity index (χ1n) is 8.34. The molecule has 0 atom stereocenters. The van der Waals surface area contributed by atoms with Crippen molar-refractivity contribution in [3.05, 3.63) is 80.1 Å². The van der Waals surface area contributed by atoms with E-state index in [9.17, 15) is 4.79 Å². The zero-order valence-corrected chi connectivity index (χ0v) is 16.2. The Morgan fingerprint density at radius 3 is 2.93 bits per heavy atom. The van der Waals surface area contributed by atoms with Crippen LogP contribution in [0.3, 0.4) is 0 Å². The van der Waals surface area contributed by atoms with Crippen molar-refractivity contribution in [2.45, 2.75) is 6.54 Å². The number of nitrogens with zero attached hydrogens (tertiary/aromatic N) is 3. The number of hydrogen-bond donors (Lipinski definition) is 3. The molecule has 10 heteroatoms. The van der Waals surface area contributed by atoms with Gasteiger partial charge in [0.25, 0.3) is 5.56 Å². The minimum atomic E-state index is -0.521. The van der Waals surface area contributed by atoms with Crippen LogP contribution < -0.4 is 15.6 Å². The third-order valence-electron chi connectivity index (χ3n) is 4.01. The van der Waals surface area contributed by atoms with Crippen LogP contribution in [-0.2, 0) is 6.54 Å². The predicted molar refractivity (Wildman–Crippen MR) is 111 cm³/mol. The molecule has 3 aromatic heterocycles. The lowest BCUT2D eigenvalue weighted by Gasteiger charge is -2.11. The van der Waals surface area contributed by atoms with Gasteiger partial charge in [0, 0.05) is 22.7 Å². The van der Waals surface area contributed by atoms with E-state index in [1.165, 1.54) is 18.2 Å². The van der Waals surface area contributed by atoms with Crippen LogP contribution in [0.1, 0.15) is 5.69 Å². The van der Waals surface area contributed by atoms with Gasteiger partial charge < -0.3 is 15.0 Å². The Morgan fingerprint density at radius 2 is 2.10 bits per heavy atom. The molecule has 0 amide bonds. The SMILES string of the molecule is [C-]#[N+]c1cc(Cl)cc(Oc2cc(NCc3n[nH]c4ncccc34)[nH]c(=O)c2Cl)c1. The second-order valence-electron chi connectivity index (χ2n) is 5.97. The molecule has 0 spiro atoms. The maximum atomic E-state index is 12.2. The third-order valence-corrected chi connectivity index (χ3v) is 4.59. The van der Waals surface area contributed by atoms with Crippen LogP contribution in [0.4, 0.5) is 11.5 Å². The maximum absolute atomic E-state index is 12.2. The number of pyridine rings is 2. The number of aromatic nitrogens is 4. The molecule has 0 aliphatic rings. The number of aromatic amines is 2. The first-order chi connectivity index (χ1) is 14.0. The van der Waals surface area contributed by atoms with E-state index in [1.807, 2.05) is 12.1 Å². The van der Waals surface area contributed by atoms with Gasteiger partial charge in [0.1, 0.15) is 16.6 Å². The lowest BCUT2D eigenvalue weighted by atomic mass is 10.2. The number of halogens is 2. The van der Waals surface area contributed by atoms with E-state index in [0.29, 0.717) is 34.5 Å². The van der Waals surface area contributed by atoms with Crippen LogP contribution in [0.2, 0.25) is 10.0 Å². The molecule has 144 valence electrons. The average Bonchev–Trinajstić information content (AvgIpc) is 3.12. The summed E-state index contributed by atoms with van der Waals surface area (Å²) in [5.41, 5.74) is 1.20. The highest BCUT2D eigenvalue weighted by Crippen LogP contribution is 2.33. The van der Waals surface area contributed by atoms with Gasteiger partial charge in [-0.25, -0.2) is 9.83 Å². The normalized spacial score (nSPS) is 10.7. The number of ether oxygens (including phenoxy) is 1. The Hall–Kier alpha value is -3.54. The highest BCUT2D eigenvalue weighted by atomic mass is 35.5. The number of benzene rings is 1. The fourth-order valence-electron chi connectivity index (χ4n) is 2.71. The lowest BCUT2D eigenvalue weighted by molar-refractivity contribution is 0.482. The van der Waals surface area contributed by atoms with Gasteiger partial charge >= 0.3 is 0 Å². The Bertz CT molecular complexity index is 1310. The quantitative estimate of drug-likeness (QED) is 0.393. The van der Waals surface area contributed by atoms with Crippen molar-refractivity contribution in [3.8, 4) is 11.5 Å². The molecule has 4 aromatic rings. The number of H-pyrrole nitrogens is 2. The lowest BCUT2D eigenvalue weighted by Crippen LogP contribution is -2.12. The van der Waals surface area contributed by atoms with Crippen molar-refractivity contribution < 1.29 is 4.74 Å². The van der Waals surface area contributed by atoms with E-state index in [-0.39, 0.29) is 10.8 Å². The van der Waals surface area contributed by atoms with E-state index < -0.39 is 5.56 Å². The fourth-order valence-corrected chi connectivity index (χ4v) is 3.07. The van der Waals surface area contributed by atoms with Crippen LogP contribution in [0.5, 0.6) is 11.5 Å². The van der Waals surface area contributed by atoms with Crippen molar-refractivity contribution in [1.82, 2.24) is 20.2 Å². The van der Waals surface area contributed by atoms with Crippen molar-refractivity contribution >= 4 is 45.7 Å². The topological polar surface area (TPSA) is 100 Å². The molecule has 0 saturated heterocycles. The van der Waals surface area contributed by atoms with E-state index >= 15 is 0 Å². The fraction of sp³-hybridized carbons (Fsp3) is 0.0526. The van der Waals surface area contributed by atoms with Crippen LogP contribution in [-0.4, -0.2) is 20.2 Å². The zero-order chi connectivity index (χ0) is 20.4. The molecule has 0 radical (unpaired) electrons. The molecule has 8 nitrogen and oxygen atoms in total. The van der Waals surface area contributed by atoms with Gasteiger partial charge in [-0.05, 0) is 30.3 Å². The number of anilines is 1. The Kier molecular flexibility index (Phi) is 5.08. The Labute approximate surface area is 174 Å². The third kappa shape index (κ3) is 4.01. The van der Waals surface area contributed by atoms with Crippen molar-refractivity contribution in [2.24, 2.45) is 0 Å². The van der Waals surface area contributed by atoms with Gasteiger partial charge in [-0.2, -0.15) is 5.10 Å². The minimum absolute atomic E-state index is 0.116. The van der Waals surface area contributed by atoms with E-state index in [1.54, 1.807) is 12.3 Å². The summed E-state index contributed by atoms with van der Waals surface area (Å²) >= 11 is 12.1. The molecule has 0 fully saturated rings. The summed E-state index contributed by atoms with van der Waals surface area (Å²) in [5.74, 6) is 0.817. The smallest absolute Gasteiger partial charge is 0.272 e. The van der Waals surface area contributed by atoms with E-state index in [2.05, 4.69) is 30.3 Å². The van der Waals surface area contributed by atoms with Gasteiger partial charge in [-0.3, -0.25) is 9.89 Å². The van der Waals surface area contributed by atoms with Gasteiger partial charge in [-0.15, -0.1) is 0 Å². The van der Waals surface area contributed by atoms with Gasteiger partial charge in [0.15, 0.2) is 17.1 Å². The summed E-state index contributed by atoms with van der Waals surface area (Å²) in [4.78, 5) is 22.4. The first kappa shape index (κ1) is 18.8. The highest BCUT2D eigenvalue weighted by molar-refractivity contribution is 6.32. The van der Waals surface area contributed by atoms with Crippen molar-refractivity contribution in [1.29, 1.82) is 0 Å². The summed E-state index contributed by atoms with van der Waals surface area (Å²) in [6.45, 7) is 7.45. The molecule has 3 N–H and O–H groups in total. The molecule has 1 aromatic carbocycles. The molecule has 0 unspecified atom stereocenters. The highest BCUT2D eigenvalue weighted by Gasteiger charge is 2.12. The molecular weight excluding hydrogens is 415 g/mol. The molecule has 4 rings (SSSR count). The molecule has 0 aliphatic heterocycles. The van der Waals surface area contributed by atoms with Crippen LogP contribution >= 0.6 is 23.2 Å². The van der Waals surface area contributed by atoms with E-state index in [0.717, 1.165) is 11.1 Å². The monoisotopic (exact) mass is 426 g/mol. The summed E-state index contributed by atoms with van der Waals surface area (Å²) in [6.07, 6.45) is 1.67. The van der Waals surface area contributed by atoms with Crippen molar-refractivity contribution in [3.63, 3.8) is 0 Å². The maximum Gasteiger partial charge on any atom is 0.272 e. The van der Waals surface area contributed by atoms with Crippen LogP contribution in [0.25, 0.3) is 15.9 Å². The largest absolute Gasteiger partial charge is 0.457 e. The molecule has 29 heavy (non-hydrogen) atoms. The first-order valence-corrected chi connectivity index (χ1v) is 9.09. The molecular formula is C19H12Cl2N6O2. The van der Waals surface area contributed by atoms with Gasteiger partial charge in [-0.1, -0.05) is 23.2 Å². The number of hydrogen-bond acceptors (Lipinski definition) is 5. The zero-order valence-electron chi connectivity index (χ0n) is 14.7. The molecule has 3 heterocycles. The summed E-state index contributed by atoms with van der Waals surface area (Å²) in [6, 6.07) is 9.82. The number of nitrogens with one attached hydrogen (secondary N) is 3. The number of rotatable bonds is 5. The second kappa shape index (κ2) is 7.83. The molecule has 0 aliphatic carbocycles. The van der Waals surface area contributed by atoms with E-state index in [4.69, 9.17) is 34.5 Å². The summed E-state index contributed by atoms with van der Waals surface area (Å²) in [7, 11) is 0. The van der Waals surface area contributed by atoms with Crippen LogP contribution in [0.15, 0.2) is 47.4 Å². The Morgan fingerprint density at radius 1 is 1.24 bits per heavy atom. The predicted octanol–water partition coefficient (Wildman–Crippen LogP) is 4.91. The standard InChI is InChI=1S/C19H12Cl2N6O2/c1-22-11-5-10(20)6-12(7-11)29-15-8-16(25-19(28)17(15)21)24-9-14-13-3-2-4-23-18(13)27-26-14/h2-8H,9H2,(H,23,26,27)(H2,24,25,28). The van der Waals surface area contributed by atoms with Gasteiger partial charge in [0.05, 0.1) is 18.8 Å². The van der Waals surface area contributed by atoms with Crippen LogP contribution in [0, 0.1) is 6.57 Å². The Balaban J connectivity index is 1.60. The average molecular weight is 427 g/mol. The summed E-state index contributed by atoms with van der Waals surface area (Å²) < 4.78 is 5.71. The second-order valence-corrected chi connectivity index (χ2v) is 6.79. The minimum Gasteiger partial charge on any atom is -0.457 e. The summed E-state index contributed by atoms with van der Waals surface area (Å²) in [5, 5.41) is 11.3. The molecule has 0 bridgehead atoms.